The van der Waals surface area contributed by atoms with E-state index in [2.05, 4.69) is 45.8 Å². The van der Waals surface area contributed by atoms with Crippen LogP contribution in [0.15, 0.2) is 30.5 Å². The molecule has 0 fully saturated rings. The number of fused-ring (bicyclic) bond motifs is 1. The third-order valence-corrected chi connectivity index (χ3v) is 2.77. The Bertz CT molecular complexity index is 491. The molecule has 4 nitrogen and oxygen atoms in total. The highest BCUT2D eigenvalue weighted by molar-refractivity contribution is 7.80. The predicted octanol–water partition coefficient (Wildman–Crippen LogP) is 0.331. The van der Waals surface area contributed by atoms with E-state index < -0.39 is 0 Å². The number of quaternary nitrogens is 1. The van der Waals surface area contributed by atoms with Crippen LogP contribution in [0.1, 0.15) is 5.56 Å². The van der Waals surface area contributed by atoms with Crippen LogP contribution in [0, 0.1) is 0 Å². The van der Waals surface area contributed by atoms with Crippen molar-refractivity contribution in [3.05, 3.63) is 36.0 Å². The number of H-pyrrole nitrogens is 1. The Labute approximate surface area is 99.2 Å². The number of hydrogen-bond acceptors (Lipinski definition) is 1. The van der Waals surface area contributed by atoms with Crippen LogP contribution in [-0.4, -0.2) is 16.6 Å². The van der Waals surface area contributed by atoms with Crippen LogP contribution in [0.2, 0.25) is 0 Å². The molecule has 6 N–H and O–H groups in total. The Morgan fingerprint density at radius 2 is 2.25 bits per heavy atom. The van der Waals surface area contributed by atoms with Gasteiger partial charge in [0.05, 0.1) is 0 Å². The second kappa shape index (κ2) is 4.96. The number of rotatable bonds is 3. The van der Waals surface area contributed by atoms with Gasteiger partial charge >= 0.3 is 0 Å². The minimum Gasteiger partial charge on any atom is -0.361 e. The molecule has 2 rings (SSSR count). The molecule has 0 atom stereocenters. The van der Waals surface area contributed by atoms with E-state index in [4.69, 9.17) is 12.2 Å². The largest absolute Gasteiger partial charge is 0.361 e. The van der Waals surface area contributed by atoms with Gasteiger partial charge in [-0.2, -0.15) is 0 Å². The number of benzene rings is 1. The minimum absolute atomic E-state index is 0.584. The molecule has 0 bridgehead atoms. The van der Waals surface area contributed by atoms with Crippen LogP contribution in [0.25, 0.3) is 10.9 Å². The molecule has 0 amide bonds. The summed E-state index contributed by atoms with van der Waals surface area (Å²) in [5.41, 5.74) is 5.10. The van der Waals surface area contributed by atoms with Crippen LogP contribution < -0.4 is 16.6 Å². The first kappa shape index (κ1) is 10.9. The second-order valence-electron chi connectivity index (χ2n) is 3.58. The maximum Gasteiger partial charge on any atom is 0.213 e. The number of thiocarbonyl (C=S) groups is 1. The quantitative estimate of drug-likeness (QED) is 0.458. The van der Waals surface area contributed by atoms with Gasteiger partial charge in [0, 0.05) is 18.3 Å². The molecule has 1 aromatic heterocycles. The smallest absolute Gasteiger partial charge is 0.213 e. The van der Waals surface area contributed by atoms with Gasteiger partial charge in [0.15, 0.2) is 0 Å². The van der Waals surface area contributed by atoms with Gasteiger partial charge in [0.25, 0.3) is 0 Å². The van der Waals surface area contributed by atoms with Gasteiger partial charge in [-0.25, -0.2) is 5.43 Å². The Hall–Kier alpha value is -1.59. The molecule has 0 aliphatic heterocycles. The van der Waals surface area contributed by atoms with Gasteiger partial charge in [-0.3, -0.25) is 5.84 Å². The van der Waals surface area contributed by atoms with Gasteiger partial charge < -0.3 is 10.3 Å². The second-order valence-corrected chi connectivity index (χ2v) is 3.99. The molecule has 84 valence electrons. The van der Waals surface area contributed by atoms with E-state index in [0.29, 0.717) is 5.11 Å². The predicted molar refractivity (Wildman–Crippen MR) is 68.6 cm³/mol. The van der Waals surface area contributed by atoms with Gasteiger partial charge in [-0.15, -0.1) is 0 Å². The molecule has 0 aliphatic carbocycles. The molecule has 0 spiro atoms. The maximum atomic E-state index is 4.94. The molecule has 2 aromatic rings. The van der Waals surface area contributed by atoms with Gasteiger partial charge in [0.1, 0.15) is 0 Å². The molecular weight excluding hydrogens is 220 g/mol. The third kappa shape index (κ3) is 2.50. The fraction of sp³-hybridized carbons (Fsp3) is 0.182. The summed E-state index contributed by atoms with van der Waals surface area (Å²) in [5, 5.41) is 4.90. The van der Waals surface area contributed by atoms with E-state index in [1.807, 2.05) is 6.20 Å². The molecule has 16 heavy (non-hydrogen) atoms. The molecule has 0 aliphatic rings. The fourth-order valence-electron chi connectivity index (χ4n) is 1.63. The summed E-state index contributed by atoms with van der Waals surface area (Å²) in [6, 6.07) is 8.49. The Balaban J connectivity index is 1.96. The summed E-state index contributed by atoms with van der Waals surface area (Å²) in [7, 11) is 0. The molecule has 0 saturated heterocycles. The van der Waals surface area contributed by atoms with E-state index in [1.165, 1.54) is 16.5 Å². The van der Waals surface area contributed by atoms with Crippen molar-refractivity contribution in [1.82, 2.24) is 15.7 Å². The summed E-state index contributed by atoms with van der Waals surface area (Å²) in [4.78, 5) is 3.20. The van der Waals surface area contributed by atoms with Crippen LogP contribution in [0.5, 0.6) is 0 Å². The lowest BCUT2D eigenvalue weighted by molar-refractivity contribution is -0.419. The number of hydrogen-bond donors (Lipinski definition) is 4. The monoisotopic (exact) mass is 235 g/mol. The first-order valence-corrected chi connectivity index (χ1v) is 5.57. The van der Waals surface area contributed by atoms with Crippen molar-refractivity contribution in [2.24, 2.45) is 0 Å². The first-order valence-electron chi connectivity index (χ1n) is 5.16. The van der Waals surface area contributed by atoms with Crippen LogP contribution >= 0.6 is 12.2 Å². The van der Waals surface area contributed by atoms with Gasteiger partial charge in [-0.1, -0.05) is 12.1 Å². The summed E-state index contributed by atoms with van der Waals surface area (Å²) in [5.74, 6) is 3.49. The van der Waals surface area contributed by atoms with Crippen molar-refractivity contribution in [3.63, 3.8) is 0 Å². The van der Waals surface area contributed by atoms with Crippen molar-refractivity contribution >= 4 is 28.2 Å². The Morgan fingerprint density at radius 1 is 1.38 bits per heavy atom. The van der Waals surface area contributed by atoms with E-state index in [0.717, 1.165) is 13.0 Å². The van der Waals surface area contributed by atoms with E-state index >= 15 is 0 Å². The normalized spacial score (nSPS) is 10.3. The van der Waals surface area contributed by atoms with E-state index in [1.54, 1.807) is 0 Å². The summed E-state index contributed by atoms with van der Waals surface area (Å²) in [6.07, 6.45) is 2.89. The van der Waals surface area contributed by atoms with E-state index in [-0.39, 0.29) is 0 Å². The highest BCUT2D eigenvalue weighted by Crippen LogP contribution is 2.14. The number of aromatic amines is 1. The van der Waals surface area contributed by atoms with Crippen molar-refractivity contribution in [3.8, 4) is 0 Å². The molecule has 0 saturated carbocycles. The van der Waals surface area contributed by atoms with Crippen molar-refractivity contribution in [2.45, 2.75) is 6.42 Å². The summed E-state index contributed by atoms with van der Waals surface area (Å²) >= 11 is 4.94. The van der Waals surface area contributed by atoms with E-state index in [9.17, 15) is 0 Å². The van der Waals surface area contributed by atoms with Crippen molar-refractivity contribution in [1.29, 1.82) is 0 Å². The molecule has 1 heterocycles. The number of aromatic nitrogens is 1. The van der Waals surface area contributed by atoms with Crippen molar-refractivity contribution < 1.29 is 5.84 Å². The lowest BCUT2D eigenvalue weighted by Gasteiger charge is -2.05. The lowest BCUT2D eigenvalue weighted by Crippen LogP contribution is -2.69. The van der Waals surface area contributed by atoms with Crippen LogP contribution in [-0.2, 0) is 6.42 Å². The van der Waals surface area contributed by atoms with Gasteiger partial charge in [0.2, 0.25) is 5.11 Å². The maximum absolute atomic E-state index is 4.94. The SMILES string of the molecule is [NH3+]NC(=S)NCCc1ccc2cc[nH]c2c1. The van der Waals surface area contributed by atoms with Gasteiger partial charge in [-0.05, 0) is 41.7 Å². The zero-order valence-electron chi connectivity index (χ0n) is 8.92. The molecular formula is C11H15N4S+. The van der Waals surface area contributed by atoms with Crippen LogP contribution in [0.4, 0.5) is 0 Å². The Morgan fingerprint density at radius 3 is 3.06 bits per heavy atom. The highest BCUT2D eigenvalue weighted by Gasteiger charge is 1.98. The average Bonchev–Trinajstić information content (AvgIpc) is 2.76. The number of nitrogens with one attached hydrogen (secondary N) is 3. The third-order valence-electron chi connectivity index (χ3n) is 2.48. The topological polar surface area (TPSA) is 67.5 Å². The highest BCUT2D eigenvalue weighted by atomic mass is 32.1. The Kier molecular flexibility index (Phi) is 3.38. The summed E-state index contributed by atoms with van der Waals surface area (Å²) < 4.78 is 0. The molecule has 1 aromatic carbocycles. The lowest BCUT2D eigenvalue weighted by atomic mass is 10.1. The first-order chi connectivity index (χ1) is 7.79. The minimum atomic E-state index is 0.584. The summed E-state index contributed by atoms with van der Waals surface area (Å²) in [6.45, 7) is 0.813. The average molecular weight is 235 g/mol. The molecule has 0 unspecified atom stereocenters. The van der Waals surface area contributed by atoms with Crippen LogP contribution in [0.3, 0.4) is 0 Å². The zero-order chi connectivity index (χ0) is 11.4. The molecule has 5 heteroatoms. The standard InChI is InChI=1S/C11H14N4S/c12-15-11(16)14-5-3-8-1-2-9-4-6-13-10(9)7-8/h1-2,4,6-7,13H,3,5,12H2,(H2,14,15,16)/p+1. The molecule has 0 radical (unpaired) electrons. The zero-order valence-corrected chi connectivity index (χ0v) is 9.73. The van der Waals surface area contributed by atoms with Crippen molar-refractivity contribution in [2.75, 3.05) is 6.54 Å². The fourth-order valence-corrected chi connectivity index (χ4v) is 1.74.